The first-order valence-electron chi connectivity index (χ1n) is 12.9. The lowest BCUT2D eigenvalue weighted by molar-refractivity contribution is -0.155. The van der Waals surface area contributed by atoms with E-state index in [1.165, 1.54) is 12.1 Å². The Kier molecular flexibility index (Phi) is 7.96. The minimum atomic E-state index is -1.60. The normalized spacial score (nSPS) is 15.1. The number of halogens is 3. The highest BCUT2D eigenvalue weighted by atomic mass is 19.1. The second kappa shape index (κ2) is 11.8. The maximum atomic E-state index is 14.5. The van der Waals surface area contributed by atoms with Gasteiger partial charge in [-0.1, -0.05) is 72.8 Å². The van der Waals surface area contributed by atoms with E-state index in [0.717, 1.165) is 16.0 Å². The SMILES string of the molecule is Cc1ccc2c(c1OCc1ccccc1)C[C@H](C(=O)O)N(C(=O)[C@@H](Oc1c(F)cc(F)cc1F)c1ccccc1)C2. The number of hydrogen-bond donors (Lipinski definition) is 1. The zero-order valence-electron chi connectivity index (χ0n) is 22.0. The minimum absolute atomic E-state index is 0.0526. The van der Waals surface area contributed by atoms with Crippen LogP contribution < -0.4 is 9.47 Å². The van der Waals surface area contributed by atoms with Crippen LogP contribution in [0.1, 0.15) is 33.9 Å². The van der Waals surface area contributed by atoms with Gasteiger partial charge in [-0.2, -0.15) is 0 Å². The van der Waals surface area contributed by atoms with Crippen LogP contribution in [0.25, 0.3) is 0 Å². The maximum Gasteiger partial charge on any atom is 0.326 e. The first-order valence-corrected chi connectivity index (χ1v) is 12.9. The molecule has 2 atom stereocenters. The second-order valence-electron chi connectivity index (χ2n) is 9.75. The van der Waals surface area contributed by atoms with Crippen molar-refractivity contribution in [1.29, 1.82) is 0 Å². The molecule has 1 aliphatic rings. The molecular weight excluding hydrogens is 535 g/mol. The summed E-state index contributed by atoms with van der Waals surface area (Å²) in [6.07, 6.45) is -1.66. The Bertz CT molecular complexity index is 1560. The summed E-state index contributed by atoms with van der Waals surface area (Å²) in [5, 5.41) is 10.2. The summed E-state index contributed by atoms with van der Waals surface area (Å²) in [7, 11) is 0. The minimum Gasteiger partial charge on any atom is -0.488 e. The van der Waals surface area contributed by atoms with Crippen molar-refractivity contribution in [2.45, 2.75) is 38.6 Å². The highest BCUT2D eigenvalue weighted by molar-refractivity contribution is 5.88. The molecule has 4 aromatic rings. The zero-order valence-corrected chi connectivity index (χ0v) is 22.0. The predicted octanol–water partition coefficient (Wildman–Crippen LogP) is 6.15. The Morgan fingerprint density at radius 2 is 1.56 bits per heavy atom. The molecule has 1 amide bonds. The molecule has 0 spiro atoms. The van der Waals surface area contributed by atoms with E-state index in [2.05, 4.69) is 0 Å². The van der Waals surface area contributed by atoms with Crippen molar-refractivity contribution >= 4 is 11.9 Å². The van der Waals surface area contributed by atoms with E-state index in [1.807, 2.05) is 43.3 Å². The van der Waals surface area contributed by atoms with Crippen molar-refractivity contribution in [2.75, 3.05) is 0 Å². The molecule has 1 N–H and O–H groups in total. The van der Waals surface area contributed by atoms with Gasteiger partial charge in [-0.15, -0.1) is 0 Å². The van der Waals surface area contributed by atoms with E-state index >= 15 is 0 Å². The maximum absolute atomic E-state index is 14.5. The monoisotopic (exact) mass is 561 g/mol. The fourth-order valence-corrected chi connectivity index (χ4v) is 4.94. The van der Waals surface area contributed by atoms with Gasteiger partial charge in [0.05, 0.1) is 0 Å². The van der Waals surface area contributed by atoms with Gasteiger partial charge in [0.1, 0.15) is 24.2 Å². The van der Waals surface area contributed by atoms with Crippen LogP contribution in [-0.4, -0.2) is 27.9 Å². The molecule has 5 rings (SSSR count). The van der Waals surface area contributed by atoms with Gasteiger partial charge in [0.15, 0.2) is 17.4 Å². The molecule has 6 nitrogen and oxygen atoms in total. The molecule has 210 valence electrons. The number of rotatable bonds is 8. The molecule has 41 heavy (non-hydrogen) atoms. The van der Waals surface area contributed by atoms with Crippen LogP contribution in [0.2, 0.25) is 0 Å². The summed E-state index contributed by atoms with van der Waals surface area (Å²) in [6.45, 7) is 2.03. The van der Waals surface area contributed by atoms with Crippen molar-refractivity contribution < 1.29 is 37.3 Å². The fraction of sp³-hybridized carbons (Fsp3) is 0.188. The molecule has 9 heteroatoms. The van der Waals surface area contributed by atoms with Crippen LogP contribution in [-0.2, 0) is 29.2 Å². The van der Waals surface area contributed by atoms with Crippen molar-refractivity contribution in [1.82, 2.24) is 4.90 Å². The van der Waals surface area contributed by atoms with E-state index in [1.54, 1.807) is 24.3 Å². The molecular formula is C32H26F3NO5. The predicted molar refractivity (Wildman–Crippen MR) is 144 cm³/mol. The van der Waals surface area contributed by atoms with E-state index in [-0.39, 0.29) is 25.1 Å². The fourth-order valence-electron chi connectivity index (χ4n) is 4.94. The molecule has 0 aromatic heterocycles. The largest absolute Gasteiger partial charge is 0.488 e. The molecule has 1 heterocycles. The Labute approximate surface area is 234 Å². The average Bonchev–Trinajstić information content (AvgIpc) is 2.96. The van der Waals surface area contributed by atoms with Crippen LogP contribution in [0.4, 0.5) is 13.2 Å². The molecule has 1 aliphatic heterocycles. The Morgan fingerprint density at radius 1 is 0.927 bits per heavy atom. The quantitative estimate of drug-likeness (QED) is 0.279. The third kappa shape index (κ3) is 5.89. The molecule has 0 bridgehead atoms. The third-order valence-electron chi connectivity index (χ3n) is 6.99. The third-order valence-corrected chi connectivity index (χ3v) is 6.99. The zero-order chi connectivity index (χ0) is 29.1. The number of fused-ring (bicyclic) bond motifs is 1. The lowest BCUT2D eigenvalue weighted by atomic mass is 9.90. The summed E-state index contributed by atoms with van der Waals surface area (Å²) in [4.78, 5) is 27.6. The first-order chi connectivity index (χ1) is 19.7. The van der Waals surface area contributed by atoms with Gasteiger partial charge >= 0.3 is 5.97 Å². The summed E-state index contributed by atoms with van der Waals surface area (Å²) >= 11 is 0. The standard InChI is InChI=1S/C32H26F3NO5/c1-19-12-13-22-17-36(27(32(38)39)16-24(22)28(19)40-18-20-8-4-2-5-9-20)31(37)29(21-10-6-3-7-11-21)41-30-25(34)14-23(33)15-26(30)35/h2-15,27,29H,16-18H2,1H3,(H,38,39)/t27-,29+/m1/s1. The molecule has 0 fully saturated rings. The lowest BCUT2D eigenvalue weighted by Gasteiger charge is -2.37. The number of ether oxygens (including phenoxy) is 2. The Hall–Kier alpha value is -4.79. The number of amides is 1. The molecule has 0 radical (unpaired) electrons. The molecule has 4 aromatic carbocycles. The van der Waals surface area contributed by atoms with Gasteiger partial charge in [-0.3, -0.25) is 4.79 Å². The first kappa shape index (κ1) is 27.8. The Morgan fingerprint density at radius 3 is 2.20 bits per heavy atom. The number of aryl methyl sites for hydroxylation is 1. The van der Waals surface area contributed by atoms with Crippen LogP contribution in [0.5, 0.6) is 11.5 Å². The van der Waals surface area contributed by atoms with Crippen molar-refractivity contribution in [3.63, 3.8) is 0 Å². The van der Waals surface area contributed by atoms with Crippen molar-refractivity contribution in [3.05, 3.63) is 130 Å². The topological polar surface area (TPSA) is 76.1 Å². The number of carboxylic acid groups (broad SMARTS) is 1. The van der Waals surface area contributed by atoms with Gasteiger partial charge in [-0.05, 0) is 23.6 Å². The summed E-state index contributed by atoms with van der Waals surface area (Å²) in [5.41, 5.74) is 3.35. The number of benzene rings is 4. The molecule has 0 saturated carbocycles. The molecule has 0 unspecified atom stereocenters. The highest BCUT2D eigenvalue weighted by Gasteiger charge is 2.40. The number of carbonyl (C=O) groups is 2. The molecule has 0 aliphatic carbocycles. The lowest BCUT2D eigenvalue weighted by Crippen LogP contribution is -2.51. The van der Waals surface area contributed by atoms with E-state index in [0.29, 0.717) is 29.0 Å². The van der Waals surface area contributed by atoms with Gasteiger partial charge < -0.3 is 19.5 Å². The van der Waals surface area contributed by atoms with Crippen LogP contribution in [0, 0.1) is 24.4 Å². The van der Waals surface area contributed by atoms with E-state index in [4.69, 9.17) is 9.47 Å². The van der Waals surface area contributed by atoms with Crippen molar-refractivity contribution in [2.24, 2.45) is 0 Å². The number of aliphatic carboxylic acids is 1. The smallest absolute Gasteiger partial charge is 0.326 e. The van der Waals surface area contributed by atoms with Gasteiger partial charge in [0.25, 0.3) is 5.91 Å². The number of carbonyl (C=O) groups excluding carboxylic acids is 1. The average molecular weight is 562 g/mol. The van der Waals surface area contributed by atoms with Crippen LogP contribution in [0.15, 0.2) is 84.9 Å². The van der Waals surface area contributed by atoms with Crippen LogP contribution >= 0.6 is 0 Å². The highest BCUT2D eigenvalue weighted by Crippen LogP contribution is 2.37. The number of carboxylic acids is 1. The summed E-state index contributed by atoms with van der Waals surface area (Å²) < 4.78 is 54.3. The Balaban J connectivity index is 1.50. The van der Waals surface area contributed by atoms with E-state index < -0.39 is 47.2 Å². The number of nitrogens with zero attached hydrogens (tertiary/aromatic N) is 1. The van der Waals surface area contributed by atoms with Gasteiger partial charge in [0, 0.05) is 36.2 Å². The van der Waals surface area contributed by atoms with Crippen molar-refractivity contribution in [3.8, 4) is 11.5 Å². The van der Waals surface area contributed by atoms with Gasteiger partial charge in [-0.25, -0.2) is 18.0 Å². The van der Waals surface area contributed by atoms with E-state index in [9.17, 15) is 27.9 Å². The summed E-state index contributed by atoms with van der Waals surface area (Å²) in [6, 6.07) is 20.7. The van der Waals surface area contributed by atoms with Crippen LogP contribution in [0.3, 0.4) is 0 Å². The van der Waals surface area contributed by atoms with Gasteiger partial charge in [0.2, 0.25) is 6.10 Å². The molecule has 0 saturated heterocycles. The number of hydrogen-bond acceptors (Lipinski definition) is 4. The second-order valence-corrected chi connectivity index (χ2v) is 9.75. The summed E-state index contributed by atoms with van der Waals surface area (Å²) in [5.74, 6) is -6.26.